The molecule has 7 heteroatoms. The van der Waals surface area contributed by atoms with Gasteiger partial charge >= 0.3 is 5.69 Å². The summed E-state index contributed by atoms with van der Waals surface area (Å²) in [6.45, 7) is 5.39. The largest absolute Gasteiger partial charge is 0.378 e. The Balaban J connectivity index is 2.08. The average Bonchev–Trinajstić information content (AvgIpc) is 2.60. The highest BCUT2D eigenvalue weighted by atomic mass is 16.6. The van der Waals surface area contributed by atoms with E-state index in [2.05, 4.69) is 16.9 Å². The molecule has 0 radical (unpaired) electrons. The number of likely N-dealkylation sites (tertiary alicyclic amines) is 1. The van der Waals surface area contributed by atoms with Crippen LogP contribution < -0.4 is 5.73 Å². The van der Waals surface area contributed by atoms with Crippen molar-refractivity contribution in [1.29, 1.82) is 0 Å². The van der Waals surface area contributed by atoms with Gasteiger partial charge in [-0.05, 0) is 38.8 Å². The molecule has 0 aromatic carbocycles. The third-order valence-electron chi connectivity index (χ3n) is 3.69. The molecule has 0 spiro atoms. The second kappa shape index (κ2) is 6.01. The van der Waals surface area contributed by atoms with Crippen molar-refractivity contribution in [1.82, 2.24) is 14.7 Å². The van der Waals surface area contributed by atoms with Crippen LogP contribution in [0.2, 0.25) is 0 Å². The summed E-state index contributed by atoms with van der Waals surface area (Å²) in [5.74, 6) is 0.180. The molecule has 106 valence electrons. The number of nitro groups is 1. The van der Waals surface area contributed by atoms with Gasteiger partial charge in [0.2, 0.25) is 5.82 Å². The zero-order valence-corrected chi connectivity index (χ0v) is 11.3. The molecule has 2 N–H and O–H groups in total. The van der Waals surface area contributed by atoms with Gasteiger partial charge in [-0.3, -0.25) is 10.1 Å². The molecule has 0 amide bonds. The fraction of sp³-hybridized carbons (Fsp3) is 0.750. The molecular weight excluding hydrogens is 246 g/mol. The maximum Gasteiger partial charge on any atom is 0.330 e. The van der Waals surface area contributed by atoms with Crippen LogP contribution in [-0.4, -0.2) is 39.2 Å². The van der Waals surface area contributed by atoms with Crippen LogP contribution in [0.5, 0.6) is 0 Å². The van der Waals surface area contributed by atoms with E-state index in [1.54, 1.807) is 4.68 Å². The minimum Gasteiger partial charge on any atom is -0.378 e. The molecule has 1 aromatic rings. The molecule has 1 atom stereocenters. The number of hydrogen-bond donors (Lipinski definition) is 1. The second-order valence-electron chi connectivity index (χ2n) is 5.04. The second-order valence-corrected chi connectivity index (χ2v) is 5.04. The fourth-order valence-corrected chi connectivity index (χ4v) is 2.72. The van der Waals surface area contributed by atoms with Gasteiger partial charge in [-0.15, -0.1) is 0 Å². The zero-order chi connectivity index (χ0) is 13.8. The topological polar surface area (TPSA) is 90.2 Å². The number of anilines is 1. The van der Waals surface area contributed by atoms with Crippen LogP contribution in [-0.2, 0) is 0 Å². The first kappa shape index (κ1) is 13.8. The lowest BCUT2D eigenvalue weighted by atomic mass is 10.1. The van der Waals surface area contributed by atoms with E-state index in [-0.39, 0.29) is 17.5 Å². The lowest BCUT2D eigenvalue weighted by molar-refractivity contribution is -0.384. The Morgan fingerprint density at radius 3 is 2.95 bits per heavy atom. The molecule has 1 aliphatic heterocycles. The number of aromatic nitrogens is 2. The van der Waals surface area contributed by atoms with Gasteiger partial charge in [-0.1, -0.05) is 6.92 Å². The van der Waals surface area contributed by atoms with Gasteiger partial charge in [0, 0.05) is 6.54 Å². The van der Waals surface area contributed by atoms with Crippen LogP contribution in [0, 0.1) is 10.1 Å². The molecule has 1 fully saturated rings. The number of hydrogen-bond acceptors (Lipinski definition) is 5. The normalized spacial score (nSPS) is 21.2. The molecule has 1 aliphatic rings. The third kappa shape index (κ3) is 3.04. The van der Waals surface area contributed by atoms with Crippen LogP contribution >= 0.6 is 0 Å². The summed E-state index contributed by atoms with van der Waals surface area (Å²) in [4.78, 5) is 12.8. The summed E-state index contributed by atoms with van der Waals surface area (Å²) in [5.41, 5.74) is 5.74. The highest BCUT2D eigenvalue weighted by Crippen LogP contribution is 2.29. The van der Waals surface area contributed by atoms with Crippen molar-refractivity contribution in [2.75, 3.05) is 25.4 Å². The van der Waals surface area contributed by atoms with Gasteiger partial charge in [0.1, 0.15) is 6.20 Å². The molecular formula is C12H21N5O2. The lowest BCUT2D eigenvalue weighted by Crippen LogP contribution is -2.25. The first-order valence-electron chi connectivity index (χ1n) is 6.83. The Morgan fingerprint density at radius 1 is 1.53 bits per heavy atom. The monoisotopic (exact) mass is 267 g/mol. The van der Waals surface area contributed by atoms with Crippen LogP contribution in [0.1, 0.15) is 38.6 Å². The maximum atomic E-state index is 10.8. The minimum atomic E-state index is -0.473. The van der Waals surface area contributed by atoms with Crippen LogP contribution in [0.15, 0.2) is 6.20 Å². The Kier molecular flexibility index (Phi) is 4.36. The summed E-state index contributed by atoms with van der Waals surface area (Å²) in [5, 5.41) is 14.9. The number of nitrogens with two attached hydrogens (primary N) is 1. The summed E-state index contributed by atoms with van der Waals surface area (Å²) < 4.78 is 1.63. The van der Waals surface area contributed by atoms with Crippen LogP contribution in [0.25, 0.3) is 0 Å². The van der Waals surface area contributed by atoms with E-state index in [4.69, 9.17) is 5.73 Å². The van der Waals surface area contributed by atoms with Gasteiger partial charge in [-0.2, -0.15) is 5.10 Å². The number of nitrogens with zero attached hydrogens (tertiary/aromatic N) is 4. The van der Waals surface area contributed by atoms with Gasteiger partial charge < -0.3 is 10.6 Å². The third-order valence-corrected chi connectivity index (χ3v) is 3.69. The molecule has 2 heterocycles. The minimum absolute atomic E-state index is 0.0883. The van der Waals surface area contributed by atoms with E-state index in [0.29, 0.717) is 0 Å². The molecule has 1 unspecified atom stereocenters. The molecule has 1 saturated heterocycles. The highest BCUT2D eigenvalue weighted by molar-refractivity contribution is 5.51. The fourth-order valence-electron chi connectivity index (χ4n) is 2.72. The smallest absolute Gasteiger partial charge is 0.330 e. The summed E-state index contributed by atoms with van der Waals surface area (Å²) in [6, 6.07) is 0.176. The summed E-state index contributed by atoms with van der Waals surface area (Å²) in [6.07, 6.45) is 5.41. The lowest BCUT2D eigenvalue weighted by Gasteiger charge is -2.19. The quantitative estimate of drug-likeness (QED) is 0.663. The molecule has 7 nitrogen and oxygen atoms in total. The summed E-state index contributed by atoms with van der Waals surface area (Å²) >= 11 is 0. The first-order chi connectivity index (χ1) is 9.13. The SMILES string of the molecule is CCCN1CCCC(n2ncc([N+](=O)[O-])c2N)CC1. The van der Waals surface area contributed by atoms with Crippen molar-refractivity contribution in [3.8, 4) is 0 Å². The van der Waals surface area contributed by atoms with E-state index in [1.807, 2.05) is 0 Å². The summed E-state index contributed by atoms with van der Waals surface area (Å²) in [7, 11) is 0. The predicted molar refractivity (Wildman–Crippen MR) is 72.9 cm³/mol. The van der Waals surface area contributed by atoms with Gasteiger partial charge in [-0.25, -0.2) is 4.68 Å². The highest BCUT2D eigenvalue weighted by Gasteiger charge is 2.24. The molecule has 1 aromatic heterocycles. The first-order valence-corrected chi connectivity index (χ1v) is 6.83. The average molecular weight is 267 g/mol. The predicted octanol–water partition coefficient (Wildman–Crippen LogP) is 1.81. The van der Waals surface area contributed by atoms with E-state index < -0.39 is 4.92 Å². The zero-order valence-electron chi connectivity index (χ0n) is 11.3. The van der Waals surface area contributed by atoms with Crippen LogP contribution in [0.4, 0.5) is 11.5 Å². The van der Waals surface area contributed by atoms with Crippen molar-refractivity contribution in [3.63, 3.8) is 0 Å². The van der Waals surface area contributed by atoms with Gasteiger partial charge in [0.15, 0.2) is 0 Å². The standard InChI is InChI=1S/C12H21N5O2/c1-2-6-15-7-3-4-10(5-8-15)16-12(13)11(9-14-16)17(18)19/h9-10H,2-8,13H2,1H3. The molecule has 2 rings (SSSR count). The van der Waals surface area contributed by atoms with Crippen LogP contribution in [0.3, 0.4) is 0 Å². The van der Waals surface area contributed by atoms with Crippen molar-refractivity contribution < 1.29 is 4.92 Å². The Bertz CT molecular complexity index is 445. The Hall–Kier alpha value is -1.63. The number of nitrogen functional groups attached to an aromatic ring is 1. The van der Waals surface area contributed by atoms with Crippen molar-refractivity contribution in [2.45, 2.75) is 38.6 Å². The van der Waals surface area contributed by atoms with Gasteiger partial charge in [0.25, 0.3) is 0 Å². The Morgan fingerprint density at radius 2 is 2.32 bits per heavy atom. The van der Waals surface area contributed by atoms with Gasteiger partial charge in [0.05, 0.1) is 11.0 Å². The number of rotatable bonds is 4. The van der Waals surface area contributed by atoms with Crippen molar-refractivity contribution in [2.24, 2.45) is 0 Å². The Labute approximate surface area is 112 Å². The van der Waals surface area contributed by atoms with Crippen molar-refractivity contribution in [3.05, 3.63) is 16.3 Å². The van der Waals surface area contributed by atoms with E-state index in [9.17, 15) is 10.1 Å². The molecule has 0 aliphatic carbocycles. The molecule has 19 heavy (non-hydrogen) atoms. The van der Waals surface area contributed by atoms with Crippen molar-refractivity contribution >= 4 is 11.5 Å². The van der Waals surface area contributed by atoms with E-state index in [0.717, 1.165) is 45.3 Å². The van der Waals surface area contributed by atoms with E-state index >= 15 is 0 Å². The maximum absolute atomic E-state index is 10.8. The van der Waals surface area contributed by atoms with E-state index in [1.165, 1.54) is 6.20 Å². The molecule has 0 bridgehead atoms. The molecule has 0 saturated carbocycles.